The van der Waals surface area contributed by atoms with E-state index < -0.39 is 0 Å². The predicted molar refractivity (Wildman–Crippen MR) is 263 cm³/mol. The third-order valence-electron chi connectivity index (χ3n) is 13.6. The number of nitrogens with zero attached hydrogens (tertiary/aromatic N) is 2. The molecule has 0 saturated heterocycles. The average molecular weight is 797 g/mol. The Labute approximate surface area is 363 Å². The van der Waals surface area contributed by atoms with Gasteiger partial charge in [0, 0.05) is 56.4 Å². The maximum Gasteiger partial charge on any atom is 0.247 e. The molecule has 4 heteroatoms. The van der Waals surface area contributed by atoms with E-state index >= 15 is 0 Å². The van der Waals surface area contributed by atoms with Crippen molar-refractivity contribution < 1.29 is 4.42 Å². The minimum atomic E-state index is -0.257. The van der Waals surface area contributed by atoms with Gasteiger partial charge in [-0.2, -0.15) is 0 Å². The van der Waals surface area contributed by atoms with Crippen LogP contribution in [0.15, 0.2) is 144 Å². The molecule has 0 spiro atoms. The summed E-state index contributed by atoms with van der Waals surface area (Å²) in [6.45, 7) is 25.5. The quantitative estimate of drug-likeness (QED) is 0.162. The number of furan rings is 1. The molecule has 3 nitrogen and oxygen atoms in total. The second-order valence-electron chi connectivity index (χ2n) is 20.6. The Kier molecular flexibility index (Phi) is 8.83. The SMILES string of the molecule is Cc1cc2c3c(c1)C(C)(C)c1cc4c(cc1B3c1cc(C(C)(C)C)ccc1N2c1ccc(C(C)(C)C)cc1)oc1cc(N(c2ccccc2)c2ccc(C(C)C)cc2)ccc14. The number of hydrogen-bond acceptors (Lipinski definition) is 3. The highest BCUT2D eigenvalue weighted by atomic mass is 16.3. The van der Waals surface area contributed by atoms with Crippen LogP contribution in [0.2, 0.25) is 0 Å². The fourth-order valence-corrected chi connectivity index (χ4v) is 10.2. The molecule has 3 heterocycles. The van der Waals surface area contributed by atoms with Gasteiger partial charge in [-0.15, -0.1) is 0 Å². The molecule has 0 N–H and O–H groups in total. The zero-order chi connectivity index (χ0) is 42.7. The van der Waals surface area contributed by atoms with Gasteiger partial charge in [0.15, 0.2) is 0 Å². The smallest absolute Gasteiger partial charge is 0.247 e. The maximum absolute atomic E-state index is 7.01. The van der Waals surface area contributed by atoms with E-state index in [2.05, 4.69) is 225 Å². The molecule has 8 aromatic rings. The Morgan fingerprint density at radius 3 is 1.89 bits per heavy atom. The van der Waals surface area contributed by atoms with Gasteiger partial charge < -0.3 is 14.2 Å². The van der Waals surface area contributed by atoms with Gasteiger partial charge in [-0.25, -0.2) is 0 Å². The van der Waals surface area contributed by atoms with Crippen LogP contribution in [0.25, 0.3) is 21.9 Å². The van der Waals surface area contributed by atoms with Crippen LogP contribution in [0.3, 0.4) is 0 Å². The van der Waals surface area contributed by atoms with Gasteiger partial charge in [-0.3, -0.25) is 0 Å². The van der Waals surface area contributed by atoms with Crippen LogP contribution < -0.4 is 26.2 Å². The van der Waals surface area contributed by atoms with Crippen molar-refractivity contribution in [3.63, 3.8) is 0 Å². The Hall–Kier alpha value is -6.00. The lowest BCUT2D eigenvalue weighted by Gasteiger charge is -2.46. The molecule has 0 aliphatic carbocycles. The molecule has 10 rings (SSSR count). The van der Waals surface area contributed by atoms with Gasteiger partial charge in [0.1, 0.15) is 11.2 Å². The first-order valence-corrected chi connectivity index (χ1v) is 22.1. The molecule has 304 valence electrons. The van der Waals surface area contributed by atoms with Crippen LogP contribution in [0.5, 0.6) is 0 Å². The van der Waals surface area contributed by atoms with Gasteiger partial charge in [0.25, 0.3) is 0 Å². The van der Waals surface area contributed by atoms with Crippen LogP contribution in [-0.4, -0.2) is 6.71 Å². The second kappa shape index (κ2) is 13.8. The molecule has 0 fully saturated rings. The van der Waals surface area contributed by atoms with Crippen molar-refractivity contribution in [3.8, 4) is 0 Å². The summed E-state index contributed by atoms with van der Waals surface area (Å²) in [7, 11) is 0. The third-order valence-corrected chi connectivity index (χ3v) is 13.6. The van der Waals surface area contributed by atoms with Gasteiger partial charge in [-0.1, -0.05) is 135 Å². The van der Waals surface area contributed by atoms with E-state index in [-0.39, 0.29) is 23.0 Å². The standard InChI is InChI=1S/C57H57BN2O/c1-35(2)37-17-22-41(23-18-37)59(40-15-13-12-14-16-40)43-26-27-44-45-33-46-48(34-53(45)61-52(44)32-43)58-49-31-39(56(7,8)9)21-28-50(49)60(42-24-19-38(20-25-42)55(4,5)6)51-30-36(3)29-47(54(51)58)57(46,10)11/h12-35H,1-11H3. The zero-order valence-electron chi connectivity index (χ0n) is 37.7. The molecule has 0 unspecified atom stereocenters. The number of rotatable bonds is 5. The molecule has 0 atom stereocenters. The fourth-order valence-electron chi connectivity index (χ4n) is 10.2. The van der Waals surface area contributed by atoms with Gasteiger partial charge in [-0.05, 0) is 141 Å². The van der Waals surface area contributed by atoms with Crippen molar-refractivity contribution in [1.29, 1.82) is 0 Å². The summed E-state index contributed by atoms with van der Waals surface area (Å²) in [6.07, 6.45) is 0. The van der Waals surface area contributed by atoms with Crippen LogP contribution >= 0.6 is 0 Å². The monoisotopic (exact) mass is 796 g/mol. The van der Waals surface area contributed by atoms with Crippen molar-refractivity contribution in [2.24, 2.45) is 0 Å². The van der Waals surface area contributed by atoms with Crippen molar-refractivity contribution in [2.75, 3.05) is 9.80 Å². The molecular weight excluding hydrogens is 739 g/mol. The lowest BCUT2D eigenvalue weighted by molar-refractivity contribution is 0.590. The summed E-state index contributed by atoms with van der Waals surface area (Å²) in [4.78, 5) is 4.87. The Balaban J connectivity index is 1.18. The van der Waals surface area contributed by atoms with Crippen LogP contribution in [0.4, 0.5) is 34.1 Å². The average Bonchev–Trinajstić information content (AvgIpc) is 3.58. The predicted octanol–water partition coefficient (Wildman–Crippen LogP) is 14.0. The zero-order valence-corrected chi connectivity index (χ0v) is 37.7. The van der Waals surface area contributed by atoms with Gasteiger partial charge in [0.05, 0.1) is 0 Å². The van der Waals surface area contributed by atoms with Crippen LogP contribution in [-0.2, 0) is 16.2 Å². The molecule has 2 aliphatic rings. The number of anilines is 6. The minimum absolute atomic E-state index is 0.00807. The molecular formula is C57H57BN2O. The first-order chi connectivity index (χ1) is 29.0. The molecule has 61 heavy (non-hydrogen) atoms. The summed E-state index contributed by atoms with van der Waals surface area (Å²) in [5, 5.41) is 2.30. The molecule has 0 bridgehead atoms. The molecule has 0 amide bonds. The van der Waals surface area contributed by atoms with Crippen molar-refractivity contribution in [3.05, 3.63) is 173 Å². The van der Waals surface area contributed by atoms with Gasteiger partial charge >= 0.3 is 0 Å². The lowest BCUT2D eigenvalue weighted by atomic mass is 9.30. The Morgan fingerprint density at radius 2 is 1.21 bits per heavy atom. The fraction of sp³-hybridized carbons (Fsp3) is 0.263. The van der Waals surface area contributed by atoms with E-state index in [1.807, 2.05) is 0 Å². The maximum atomic E-state index is 7.01. The van der Waals surface area contributed by atoms with E-state index in [1.54, 1.807) is 0 Å². The van der Waals surface area contributed by atoms with E-state index in [4.69, 9.17) is 4.42 Å². The van der Waals surface area contributed by atoms with E-state index in [0.717, 1.165) is 39.0 Å². The Bertz CT molecular complexity index is 3000. The van der Waals surface area contributed by atoms with Crippen molar-refractivity contribution >= 4 is 79.2 Å². The number of aryl methyl sites for hydroxylation is 1. The molecule has 0 saturated carbocycles. The van der Waals surface area contributed by atoms with Crippen molar-refractivity contribution in [1.82, 2.24) is 0 Å². The number of hydrogen-bond donors (Lipinski definition) is 0. The highest BCUT2D eigenvalue weighted by Crippen LogP contribution is 2.46. The Morgan fingerprint density at radius 1 is 0.574 bits per heavy atom. The summed E-state index contributed by atoms with van der Waals surface area (Å²) < 4.78 is 7.01. The topological polar surface area (TPSA) is 19.6 Å². The second-order valence-corrected chi connectivity index (χ2v) is 20.6. The van der Waals surface area contributed by atoms with E-state index in [0.29, 0.717) is 5.92 Å². The number of benzene rings is 7. The van der Waals surface area contributed by atoms with E-state index in [9.17, 15) is 0 Å². The first kappa shape index (κ1) is 39.2. The third kappa shape index (κ3) is 6.32. The number of fused-ring (bicyclic) bond motifs is 7. The van der Waals surface area contributed by atoms with Crippen LogP contribution in [0.1, 0.15) is 109 Å². The van der Waals surface area contributed by atoms with Gasteiger partial charge in [0.2, 0.25) is 6.71 Å². The summed E-state index contributed by atoms with van der Waals surface area (Å²) in [5.74, 6) is 0.470. The molecule has 0 radical (unpaired) electrons. The van der Waals surface area contributed by atoms with Crippen molar-refractivity contribution in [2.45, 2.75) is 98.3 Å². The largest absolute Gasteiger partial charge is 0.456 e. The lowest BCUT2D eigenvalue weighted by Crippen LogP contribution is -2.64. The van der Waals surface area contributed by atoms with Crippen LogP contribution in [0, 0.1) is 6.92 Å². The van der Waals surface area contributed by atoms with E-state index in [1.165, 1.54) is 66.8 Å². The molecule has 7 aromatic carbocycles. The first-order valence-electron chi connectivity index (χ1n) is 22.1. The molecule has 1 aromatic heterocycles. The normalized spacial score (nSPS) is 14.4. The highest BCUT2D eigenvalue weighted by Gasteiger charge is 2.47. The molecule has 2 aliphatic heterocycles. The summed E-state index contributed by atoms with van der Waals surface area (Å²) in [6, 6.07) is 52.6. The minimum Gasteiger partial charge on any atom is -0.456 e. The highest BCUT2D eigenvalue weighted by molar-refractivity contribution is 6.99. The number of para-hydroxylation sites is 1. The summed E-state index contributed by atoms with van der Waals surface area (Å²) >= 11 is 0. The summed E-state index contributed by atoms with van der Waals surface area (Å²) in [5.41, 5.74) is 20.8.